The molecule has 1 aromatic carbocycles. The highest BCUT2D eigenvalue weighted by Crippen LogP contribution is 2.37. The molecular weight excluding hydrogens is 460 g/mol. The number of aliphatic carboxylic acids is 1. The van der Waals surface area contributed by atoms with Gasteiger partial charge >= 0.3 is 11.9 Å². The number of benzene rings is 1. The highest BCUT2D eigenvalue weighted by atomic mass is 32.2. The summed E-state index contributed by atoms with van der Waals surface area (Å²) in [6, 6.07) is 7.39. The third kappa shape index (κ3) is 7.78. The molecule has 2 atom stereocenters. The molecular formula is C25H38O8S. The van der Waals surface area contributed by atoms with Crippen LogP contribution < -0.4 is 0 Å². The Kier molecular flexibility index (Phi) is 8.93. The van der Waals surface area contributed by atoms with Crippen LogP contribution in [0.4, 0.5) is 0 Å². The molecule has 0 aliphatic carbocycles. The summed E-state index contributed by atoms with van der Waals surface area (Å²) in [5.41, 5.74) is -0.238. The first kappa shape index (κ1) is 28.3. The van der Waals surface area contributed by atoms with E-state index in [2.05, 4.69) is 0 Å². The lowest BCUT2D eigenvalue weighted by atomic mass is 9.76. The molecule has 1 aromatic rings. The van der Waals surface area contributed by atoms with Crippen molar-refractivity contribution in [3.05, 3.63) is 35.4 Å². The first-order valence-corrected chi connectivity index (χ1v) is 13.4. The smallest absolute Gasteiger partial charge is 0.321 e. The second-order valence-corrected chi connectivity index (χ2v) is 12.5. The number of hydrogen-bond donors (Lipinski definition) is 1. The van der Waals surface area contributed by atoms with Gasteiger partial charge in [-0.1, -0.05) is 44.5 Å². The van der Waals surface area contributed by atoms with Crippen LogP contribution in [0.2, 0.25) is 0 Å². The van der Waals surface area contributed by atoms with Gasteiger partial charge in [0.2, 0.25) is 0 Å². The van der Waals surface area contributed by atoms with Crippen LogP contribution >= 0.6 is 0 Å². The molecule has 1 heterocycles. The molecule has 1 saturated heterocycles. The minimum atomic E-state index is -3.64. The van der Waals surface area contributed by atoms with E-state index in [-0.39, 0.29) is 18.5 Å². The van der Waals surface area contributed by atoms with Crippen molar-refractivity contribution in [2.24, 2.45) is 5.41 Å². The first-order chi connectivity index (χ1) is 15.6. The van der Waals surface area contributed by atoms with Crippen molar-refractivity contribution in [2.75, 3.05) is 24.7 Å². The van der Waals surface area contributed by atoms with Gasteiger partial charge in [0, 0.05) is 0 Å². The predicted octanol–water partition coefficient (Wildman–Crippen LogP) is 4.03. The highest BCUT2D eigenvalue weighted by molar-refractivity contribution is 7.92. The second kappa shape index (κ2) is 10.7. The van der Waals surface area contributed by atoms with Gasteiger partial charge in [-0.25, -0.2) is 8.42 Å². The summed E-state index contributed by atoms with van der Waals surface area (Å²) in [6.07, 6.45) is 1.06. The average Bonchev–Trinajstić information content (AvgIpc) is 3.06. The number of sulfone groups is 1. The monoisotopic (exact) mass is 498 g/mol. The molecule has 1 fully saturated rings. The number of hydrogen-bond acceptors (Lipinski definition) is 7. The van der Waals surface area contributed by atoms with Crippen LogP contribution in [0.1, 0.15) is 78.0 Å². The predicted molar refractivity (Wildman–Crippen MR) is 128 cm³/mol. The Morgan fingerprint density at radius 1 is 1.21 bits per heavy atom. The maximum atomic E-state index is 12.4. The van der Waals surface area contributed by atoms with Gasteiger partial charge in [0.05, 0.1) is 24.4 Å². The molecule has 0 aromatic heterocycles. The number of carboxylic acids is 1. The SMILES string of the molecule is CCOC(=O)CS(=O)(=O)CC(C)(C)CCCC(C)(C(=O)O)c1cccc(C2COC(C)(C)O2)c1. The standard InChI is InChI=1S/C25H38O8S/c1-7-31-21(26)16-34(29,30)17-23(2,3)12-9-13-25(6,22(27)28)19-11-8-10-18(14-19)20-15-32-24(4,5)33-20/h8,10-11,14,20H,7,9,12-13,15-17H2,1-6H3,(H,27,28). The van der Waals surface area contributed by atoms with E-state index in [0.717, 1.165) is 5.56 Å². The molecule has 2 rings (SSSR count). The van der Waals surface area contributed by atoms with Crippen molar-refractivity contribution in [3.63, 3.8) is 0 Å². The van der Waals surface area contributed by atoms with Gasteiger partial charge in [-0.2, -0.15) is 0 Å². The van der Waals surface area contributed by atoms with E-state index in [0.29, 0.717) is 31.4 Å². The van der Waals surface area contributed by atoms with Gasteiger partial charge < -0.3 is 19.3 Å². The lowest BCUT2D eigenvalue weighted by Crippen LogP contribution is -2.34. The number of ether oxygens (including phenoxy) is 3. The van der Waals surface area contributed by atoms with Crippen LogP contribution in [0.15, 0.2) is 24.3 Å². The third-order valence-corrected chi connectivity index (χ3v) is 8.06. The fourth-order valence-corrected chi connectivity index (χ4v) is 6.21. The van der Waals surface area contributed by atoms with Crippen molar-refractivity contribution in [1.29, 1.82) is 0 Å². The van der Waals surface area contributed by atoms with E-state index in [1.54, 1.807) is 19.9 Å². The molecule has 8 nitrogen and oxygen atoms in total. The van der Waals surface area contributed by atoms with Crippen molar-refractivity contribution in [2.45, 2.75) is 78.1 Å². The van der Waals surface area contributed by atoms with E-state index < -0.39 is 44.1 Å². The van der Waals surface area contributed by atoms with Crippen LogP contribution in [0.3, 0.4) is 0 Å². The van der Waals surface area contributed by atoms with Gasteiger partial charge in [0.15, 0.2) is 15.6 Å². The Hall–Kier alpha value is -1.97. The van der Waals surface area contributed by atoms with Gasteiger partial charge in [-0.15, -0.1) is 0 Å². The summed E-state index contributed by atoms with van der Waals surface area (Å²) in [5, 5.41) is 10.1. The summed E-state index contributed by atoms with van der Waals surface area (Å²) < 4.78 is 41.1. The van der Waals surface area contributed by atoms with Crippen LogP contribution in [-0.4, -0.2) is 56.0 Å². The molecule has 0 amide bonds. The first-order valence-electron chi connectivity index (χ1n) is 11.6. The number of carbonyl (C=O) groups is 2. The second-order valence-electron chi connectivity index (χ2n) is 10.4. The molecule has 34 heavy (non-hydrogen) atoms. The summed E-state index contributed by atoms with van der Waals surface area (Å²) in [6.45, 7) is 11.1. The molecule has 0 radical (unpaired) electrons. The van der Waals surface area contributed by atoms with Gasteiger partial charge in [0.25, 0.3) is 0 Å². The highest BCUT2D eigenvalue weighted by Gasteiger charge is 2.38. The molecule has 192 valence electrons. The fraction of sp³-hybridized carbons (Fsp3) is 0.680. The van der Waals surface area contributed by atoms with E-state index in [1.807, 2.05) is 45.9 Å². The molecule has 0 spiro atoms. The molecule has 9 heteroatoms. The Balaban J connectivity index is 2.08. The van der Waals surface area contributed by atoms with Crippen LogP contribution in [-0.2, 0) is 39.1 Å². The van der Waals surface area contributed by atoms with E-state index >= 15 is 0 Å². The van der Waals surface area contributed by atoms with Crippen molar-refractivity contribution < 1.29 is 37.3 Å². The maximum Gasteiger partial charge on any atom is 0.321 e. The number of rotatable bonds is 12. The van der Waals surface area contributed by atoms with E-state index in [1.165, 1.54) is 0 Å². The van der Waals surface area contributed by atoms with Crippen LogP contribution in [0.5, 0.6) is 0 Å². The third-order valence-electron chi connectivity index (χ3n) is 6.16. The van der Waals surface area contributed by atoms with E-state index in [4.69, 9.17) is 14.2 Å². The summed E-state index contributed by atoms with van der Waals surface area (Å²) in [4.78, 5) is 23.9. The van der Waals surface area contributed by atoms with E-state index in [9.17, 15) is 23.1 Å². The van der Waals surface area contributed by atoms with Gasteiger partial charge in [-0.3, -0.25) is 9.59 Å². The Morgan fingerprint density at radius 2 is 1.88 bits per heavy atom. The van der Waals surface area contributed by atoms with Crippen LogP contribution in [0, 0.1) is 5.41 Å². The quantitative estimate of drug-likeness (QED) is 0.430. The van der Waals surface area contributed by atoms with Crippen molar-refractivity contribution in [3.8, 4) is 0 Å². The lowest BCUT2D eigenvalue weighted by molar-refractivity contribution is -0.144. The summed E-state index contributed by atoms with van der Waals surface area (Å²) >= 11 is 0. The normalized spacial score (nSPS) is 20.0. The number of carboxylic acid groups (broad SMARTS) is 1. The van der Waals surface area contributed by atoms with Crippen LogP contribution in [0.25, 0.3) is 0 Å². The minimum absolute atomic E-state index is 0.129. The molecule has 1 aliphatic rings. The van der Waals surface area contributed by atoms with Gasteiger partial charge in [0.1, 0.15) is 11.9 Å². The number of carbonyl (C=O) groups excluding carboxylic acids is 1. The maximum absolute atomic E-state index is 12.4. The molecule has 0 saturated carbocycles. The lowest BCUT2D eigenvalue weighted by Gasteiger charge is -2.29. The Labute approximate surface area is 202 Å². The number of esters is 1. The zero-order valence-corrected chi connectivity index (χ0v) is 21.9. The Bertz CT molecular complexity index is 982. The van der Waals surface area contributed by atoms with Crippen molar-refractivity contribution >= 4 is 21.8 Å². The summed E-state index contributed by atoms with van der Waals surface area (Å²) in [7, 11) is -3.64. The Morgan fingerprint density at radius 3 is 2.44 bits per heavy atom. The minimum Gasteiger partial charge on any atom is -0.481 e. The molecule has 2 unspecified atom stereocenters. The molecule has 0 bridgehead atoms. The van der Waals surface area contributed by atoms with Crippen molar-refractivity contribution in [1.82, 2.24) is 0 Å². The average molecular weight is 499 g/mol. The van der Waals surface area contributed by atoms with Gasteiger partial charge in [-0.05, 0) is 57.1 Å². The summed E-state index contributed by atoms with van der Waals surface area (Å²) in [5.74, 6) is -3.20. The zero-order chi connectivity index (χ0) is 25.8. The molecule has 1 N–H and O–H groups in total. The fourth-order valence-electron chi connectivity index (χ4n) is 4.33. The topological polar surface area (TPSA) is 116 Å². The largest absolute Gasteiger partial charge is 0.481 e. The molecule has 1 aliphatic heterocycles. The zero-order valence-electron chi connectivity index (χ0n) is 21.0.